The lowest BCUT2D eigenvalue weighted by Crippen LogP contribution is -2.43. The van der Waals surface area contributed by atoms with Crippen LogP contribution >= 0.6 is 0 Å². The Labute approximate surface area is 137 Å². The first-order chi connectivity index (χ1) is 10.9. The van der Waals surface area contributed by atoms with Gasteiger partial charge in [-0.1, -0.05) is 45.0 Å². The molecule has 1 aliphatic rings. The molecule has 1 saturated carbocycles. The highest BCUT2D eigenvalue weighted by Gasteiger charge is 2.33. The number of fused-ring (bicyclic) bond motifs is 1. The van der Waals surface area contributed by atoms with E-state index in [2.05, 4.69) is 26.1 Å². The maximum atomic E-state index is 13.9. The molecule has 3 rings (SSSR count). The molecular formula is C20H24FNO. The van der Waals surface area contributed by atoms with Crippen molar-refractivity contribution in [1.29, 1.82) is 0 Å². The van der Waals surface area contributed by atoms with Crippen molar-refractivity contribution in [2.75, 3.05) is 0 Å². The summed E-state index contributed by atoms with van der Waals surface area (Å²) < 4.78 is 13.9. The van der Waals surface area contributed by atoms with Crippen LogP contribution in [0.15, 0.2) is 36.4 Å². The van der Waals surface area contributed by atoms with Gasteiger partial charge in [-0.25, -0.2) is 4.39 Å². The van der Waals surface area contributed by atoms with Crippen molar-refractivity contribution in [2.24, 2.45) is 11.3 Å². The Morgan fingerprint density at radius 1 is 1.13 bits per heavy atom. The van der Waals surface area contributed by atoms with E-state index in [1.165, 1.54) is 12.5 Å². The minimum absolute atomic E-state index is 0.101. The molecule has 3 heteroatoms. The van der Waals surface area contributed by atoms with Crippen LogP contribution in [0.4, 0.5) is 4.39 Å². The molecule has 2 aromatic carbocycles. The van der Waals surface area contributed by atoms with Gasteiger partial charge in [0.25, 0.3) is 5.91 Å². The van der Waals surface area contributed by atoms with Gasteiger partial charge < -0.3 is 5.32 Å². The van der Waals surface area contributed by atoms with Crippen molar-refractivity contribution in [2.45, 2.75) is 46.1 Å². The average Bonchev–Trinajstić information content (AvgIpc) is 2.45. The Morgan fingerprint density at radius 3 is 2.52 bits per heavy atom. The maximum Gasteiger partial charge on any atom is 0.252 e. The van der Waals surface area contributed by atoms with Crippen molar-refractivity contribution < 1.29 is 9.18 Å². The van der Waals surface area contributed by atoms with E-state index in [-0.39, 0.29) is 23.2 Å². The van der Waals surface area contributed by atoms with E-state index < -0.39 is 0 Å². The van der Waals surface area contributed by atoms with Crippen LogP contribution in [0.5, 0.6) is 0 Å². The fraction of sp³-hybridized carbons (Fsp3) is 0.450. The standard InChI is InChI=1S/C20H24FNO/c1-13-10-14(12-20(2,3)11-13)22-19(23)17-8-9-18(21)16-7-5-4-6-15(16)17/h4-9,13-14H,10-12H2,1-3H3,(H,22,23). The summed E-state index contributed by atoms with van der Waals surface area (Å²) in [4.78, 5) is 12.7. The van der Waals surface area contributed by atoms with Crippen LogP contribution in [0.25, 0.3) is 10.8 Å². The molecule has 0 spiro atoms. The molecule has 1 amide bonds. The minimum Gasteiger partial charge on any atom is -0.349 e. The van der Waals surface area contributed by atoms with Crippen molar-refractivity contribution in [3.8, 4) is 0 Å². The van der Waals surface area contributed by atoms with Crippen LogP contribution in [0.3, 0.4) is 0 Å². The molecule has 23 heavy (non-hydrogen) atoms. The molecule has 2 atom stereocenters. The number of rotatable bonds is 2. The lowest BCUT2D eigenvalue weighted by atomic mass is 9.70. The minimum atomic E-state index is -0.287. The highest BCUT2D eigenvalue weighted by molar-refractivity contribution is 6.07. The molecule has 0 aromatic heterocycles. The predicted octanol–water partition coefficient (Wildman–Crippen LogP) is 4.92. The third kappa shape index (κ3) is 3.39. The van der Waals surface area contributed by atoms with Crippen molar-refractivity contribution >= 4 is 16.7 Å². The predicted molar refractivity (Wildman–Crippen MR) is 92.0 cm³/mol. The number of nitrogens with one attached hydrogen (secondary N) is 1. The third-order valence-corrected chi connectivity index (χ3v) is 4.84. The number of carbonyl (C=O) groups excluding carboxylic acids is 1. The Kier molecular flexibility index (Phi) is 4.13. The summed E-state index contributed by atoms with van der Waals surface area (Å²) in [6.45, 7) is 6.76. The number of hydrogen-bond acceptors (Lipinski definition) is 1. The Bertz CT molecular complexity index is 737. The topological polar surface area (TPSA) is 29.1 Å². The molecule has 0 saturated heterocycles. The van der Waals surface area contributed by atoms with E-state index in [1.54, 1.807) is 24.3 Å². The first-order valence-electron chi connectivity index (χ1n) is 8.34. The number of hydrogen-bond donors (Lipinski definition) is 1. The number of benzene rings is 2. The summed E-state index contributed by atoms with van der Waals surface area (Å²) in [5, 5.41) is 4.34. The van der Waals surface area contributed by atoms with Gasteiger partial charge in [0.15, 0.2) is 0 Å². The zero-order valence-corrected chi connectivity index (χ0v) is 14.0. The molecule has 2 unspecified atom stereocenters. The molecule has 0 aliphatic heterocycles. The molecule has 1 aliphatic carbocycles. The van der Waals surface area contributed by atoms with E-state index >= 15 is 0 Å². The van der Waals surface area contributed by atoms with Crippen molar-refractivity contribution in [1.82, 2.24) is 5.32 Å². The smallest absolute Gasteiger partial charge is 0.252 e. The summed E-state index contributed by atoms with van der Waals surface area (Å²) in [6.07, 6.45) is 3.19. The lowest BCUT2D eigenvalue weighted by molar-refractivity contribution is 0.0876. The Morgan fingerprint density at radius 2 is 1.83 bits per heavy atom. The summed E-state index contributed by atoms with van der Waals surface area (Å²) >= 11 is 0. The second-order valence-corrected chi connectivity index (χ2v) is 7.72. The molecule has 1 N–H and O–H groups in total. The number of halogens is 1. The summed E-state index contributed by atoms with van der Waals surface area (Å²) in [6, 6.07) is 10.3. The van der Waals surface area contributed by atoms with Gasteiger partial charge in [0.2, 0.25) is 0 Å². The molecule has 0 heterocycles. The first kappa shape index (κ1) is 16.0. The fourth-order valence-electron chi connectivity index (χ4n) is 4.18. The molecular weight excluding hydrogens is 289 g/mol. The quantitative estimate of drug-likeness (QED) is 0.837. The molecule has 2 nitrogen and oxygen atoms in total. The van der Waals surface area contributed by atoms with Crippen molar-refractivity contribution in [3.63, 3.8) is 0 Å². The van der Waals surface area contributed by atoms with Gasteiger partial charge in [0.05, 0.1) is 0 Å². The largest absolute Gasteiger partial charge is 0.349 e. The normalized spacial score (nSPS) is 23.7. The summed E-state index contributed by atoms with van der Waals surface area (Å²) in [7, 11) is 0. The van der Waals surface area contributed by atoms with Gasteiger partial charge in [-0.05, 0) is 48.1 Å². The monoisotopic (exact) mass is 313 g/mol. The molecule has 122 valence electrons. The van der Waals surface area contributed by atoms with Crippen LogP contribution in [0, 0.1) is 17.2 Å². The third-order valence-electron chi connectivity index (χ3n) is 4.84. The highest BCUT2D eigenvalue weighted by Crippen LogP contribution is 2.38. The molecule has 0 radical (unpaired) electrons. The zero-order valence-electron chi connectivity index (χ0n) is 14.0. The highest BCUT2D eigenvalue weighted by atomic mass is 19.1. The Balaban J connectivity index is 1.86. The zero-order chi connectivity index (χ0) is 16.6. The lowest BCUT2D eigenvalue weighted by Gasteiger charge is -2.39. The van der Waals surface area contributed by atoms with E-state index in [0.29, 0.717) is 22.3 Å². The van der Waals surface area contributed by atoms with Gasteiger partial charge in [-0.15, -0.1) is 0 Å². The van der Waals surface area contributed by atoms with Gasteiger partial charge in [0, 0.05) is 17.0 Å². The van der Waals surface area contributed by atoms with Crippen LogP contribution in [-0.4, -0.2) is 11.9 Å². The van der Waals surface area contributed by atoms with Crippen molar-refractivity contribution in [3.05, 3.63) is 47.8 Å². The van der Waals surface area contributed by atoms with E-state index in [1.807, 2.05) is 6.07 Å². The van der Waals surface area contributed by atoms with Gasteiger partial charge in [-0.2, -0.15) is 0 Å². The van der Waals surface area contributed by atoms with E-state index in [0.717, 1.165) is 12.8 Å². The first-order valence-corrected chi connectivity index (χ1v) is 8.34. The van der Waals surface area contributed by atoms with Gasteiger partial charge in [-0.3, -0.25) is 4.79 Å². The van der Waals surface area contributed by atoms with Gasteiger partial charge >= 0.3 is 0 Å². The summed E-state index contributed by atoms with van der Waals surface area (Å²) in [5.74, 6) is 0.217. The van der Waals surface area contributed by atoms with Crippen LogP contribution < -0.4 is 5.32 Å². The van der Waals surface area contributed by atoms with Crippen LogP contribution in [0.1, 0.15) is 50.4 Å². The second-order valence-electron chi connectivity index (χ2n) is 7.72. The Hall–Kier alpha value is -1.90. The number of carbonyl (C=O) groups is 1. The van der Waals surface area contributed by atoms with Crippen LogP contribution in [-0.2, 0) is 0 Å². The SMILES string of the molecule is CC1CC(NC(=O)c2ccc(F)c3ccccc23)CC(C)(C)C1. The maximum absolute atomic E-state index is 13.9. The molecule has 1 fully saturated rings. The fourth-order valence-corrected chi connectivity index (χ4v) is 4.18. The van der Waals surface area contributed by atoms with E-state index in [4.69, 9.17) is 0 Å². The molecule has 0 bridgehead atoms. The average molecular weight is 313 g/mol. The molecule has 2 aromatic rings. The summed E-state index contributed by atoms with van der Waals surface area (Å²) in [5.41, 5.74) is 0.804. The van der Waals surface area contributed by atoms with Crippen LogP contribution in [0.2, 0.25) is 0 Å². The number of amides is 1. The second kappa shape index (κ2) is 5.95. The van der Waals surface area contributed by atoms with Gasteiger partial charge in [0.1, 0.15) is 5.82 Å². The van der Waals surface area contributed by atoms with E-state index in [9.17, 15) is 9.18 Å².